The van der Waals surface area contributed by atoms with Gasteiger partial charge < -0.3 is 14.9 Å². The number of alkyl halides is 3. The van der Waals surface area contributed by atoms with Crippen LogP contribution in [0.2, 0.25) is 10.0 Å². The quantitative estimate of drug-likeness (QED) is 0.552. The molecule has 0 saturated carbocycles. The van der Waals surface area contributed by atoms with Crippen LogP contribution in [-0.4, -0.2) is 36.9 Å². The molecule has 0 fully saturated rings. The van der Waals surface area contributed by atoms with Crippen LogP contribution in [0.25, 0.3) is 0 Å². The Hall–Kier alpha value is -2.78. The fourth-order valence-corrected chi connectivity index (χ4v) is 3.93. The minimum Gasteiger partial charge on any atom is -0.465 e. The Morgan fingerprint density at radius 1 is 1.18 bits per heavy atom. The van der Waals surface area contributed by atoms with Crippen LogP contribution in [-0.2, 0) is 20.0 Å². The lowest BCUT2D eigenvalue weighted by atomic mass is 9.86. The van der Waals surface area contributed by atoms with Crippen LogP contribution >= 0.6 is 23.2 Å². The van der Waals surface area contributed by atoms with Crippen molar-refractivity contribution in [2.75, 3.05) is 13.2 Å². The average Bonchev–Trinajstić information content (AvgIpc) is 3.18. The number of aryl methyl sites for hydroxylation is 1. The van der Waals surface area contributed by atoms with Gasteiger partial charge in [0.05, 0.1) is 12.3 Å². The van der Waals surface area contributed by atoms with Gasteiger partial charge in [0, 0.05) is 27.6 Å². The number of hydrogen-bond donors (Lipinski definition) is 1. The molecule has 0 bridgehead atoms. The molecule has 33 heavy (non-hydrogen) atoms. The lowest BCUT2D eigenvalue weighted by molar-refractivity contribution is -0.275. The summed E-state index contributed by atoms with van der Waals surface area (Å²) < 4.78 is 47.2. The summed E-state index contributed by atoms with van der Waals surface area (Å²) in [6.07, 6.45) is -5.42. The molecule has 1 N–H and O–H groups in total. The molecular formula is C22H19Cl2F3N2O4. The zero-order valence-corrected chi connectivity index (χ0v) is 19.1. The molecule has 176 valence electrons. The zero-order chi connectivity index (χ0) is 24.4. The molecule has 0 aromatic heterocycles. The van der Waals surface area contributed by atoms with Crippen molar-refractivity contribution in [3.63, 3.8) is 0 Å². The minimum absolute atomic E-state index is 0.0344. The molecule has 1 heterocycles. The van der Waals surface area contributed by atoms with Gasteiger partial charge in [-0.05, 0) is 55.3 Å². The number of oxime groups is 1. The van der Waals surface area contributed by atoms with Crippen molar-refractivity contribution in [2.24, 2.45) is 5.16 Å². The van der Waals surface area contributed by atoms with E-state index in [4.69, 9.17) is 32.8 Å². The molecule has 0 aliphatic carbocycles. The van der Waals surface area contributed by atoms with Crippen molar-refractivity contribution in [2.45, 2.75) is 32.0 Å². The van der Waals surface area contributed by atoms with Crippen LogP contribution < -0.4 is 5.32 Å². The van der Waals surface area contributed by atoms with Gasteiger partial charge in [0.2, 0.25) is 0 Å². The number of carbonyl (C=O) groups is 2. The number of rotatable bonds is 6. The summed E-state index contributed by atoms with van der Waals surface area (Å²) in [6.45, 7) is 3.15. The number of nitrogens with zero attached hydrogens (tertiary/aromatic N) is 1. The number of hydrogen-bond acceptors (Lipinski definition) is 5. The number of carbonyl (C=O) groups excluding carboxylic acids is 2. The summed E-state index contributed by atoms with van der Waals surface area (Å²) in [5.74, 6) is -1.10. The van der Waals surface area contributed by atoms with E-state index in [-0.39, 0.29) is 40.0 Å². The minimum atomic E-state index is -4.81. The highest BCUT2D eigenvalue weighted by Gasteiger charge is 2.62. The second-order valence-corrected chi connectivity index (χ2v) is 8.18. The van der Waals surface area contributed by atoms with Crippen molar-refractivity contribution >= 4 is 40.8 Å². The average molecular weight is 503 g/mol. The molecule has 1 atom stereocenters. The monoisotopic (exact) mass is 502 g/mol. The summed E-state index contributed by atoms with van der Waals surface area (Å²) in [5, 5.41) is 6.21. The van der Waals surface area contributed by atoms with E-state index in [1.807, 2.05) is 0 Å². The normalized spacial score (nSPS) is 17.8. The van der Waals surface area contributed by atoms with Crippen molar-refractivity contribution in [3.05, 3.63) is 68.7 Å². The van der Waals surface area contributed by atoms with Crippen molar-refractivity contribution in [1.29, 1.82) is 0 Å². The van der Waals surface area contributed by atoms with Gasteiger partial charge >= 0.3 is 12.1 Å². The Kier molecular flexibility index (Phi) is 7.23. The maximum Gasteiger partial charge on any atom is 0.435 e. The van der Waals surface area contributed by atoms with Gasteiger partial charge in [0.1, 0.15) is 6.54 Å². The highest BCUT2D eigenvalue weighted by atomic mass is 35.5. The second-order valence-electron chi connectivity index (χ2n) is 7.31. The number of nitrogens with one attached hydrogen (secondary N) is 1. The van der Waals surface area contributed by atoms with Crippen LogP contribution in [0.1, 0.15) is 40.4 Å². The lowest BCUT2D eigenvalue weighted by Crippen LogP contribution is -2.42. The van der Waals surface area contributed by atoms with E-state index >= 15 is 0 Å². The van der Waals surface area contributed by atoms with Crippen LogP contribution in [0.5, 0.6) is 0 Å². The fourth-order valence-electron chi connectivity index (χ4n) is 3.40. The van der Waals surface area contributed by atoms with E-state index in [2.05, 4.69) is 10.5 Å². The Morgan fingerprint density at radius 2 is 1.85 bits per heavy atom. The maximum absolute atomic E-state index is 14.1. The predicted octanol–water partition coefficient (Wildman–Crippen LogP) is 5.18. The zero-order valence-electron chi connectivity index (χ0n) is 17.6. The van der Waals surface area contributed by atoms with E-state index in [9.17, 15) is 22.8 Å². The third-order valence-electron chi connectivity index (χ3n) is 5.02. The Labute approximate surface area is 197 Å². The number of ether oxygens (including phenoxy) is 1. The van der Waals surface area contributed by atoms with Crippen LogP contribution in [0.4, 0.5) is 13.2 Å². The van der Waals surface area contributed by atoms with Gasteiger partial charge in [-0.1, -0.05) is 34.4 Å². The number of esters is 1. The van der Waals surface area contributed by atoms with Crippen molar-refractivity contribution in [1.82, 2.24) is 5.32 Å². The Bertz CT molecular complexity index is 1100. The molecular weight excluding hydrogens is 484 g/mol. The van der Waals surface area contributed by atoms with E-state index in [1.54, 1.807) is 13.8 Å². The first-order valence-corrected chi connectivity index (χ1v) is 10.6. The molecule has 2 aromatic carbocycles. The maximum atomic E-state index is 14.1. The first kappa shape index (κ1) is 24.9. The third-order valence-corrected chi connectivity index (χ3v) is 5.45. The second kappa shape index (κ2) is 9.61. The van der Waals surface area contributed by atoms with Crippen LogP contribution in [0.15, 0.2) is 41.6 Å². The van der Waals surface area contributed by atoms with Crippen molar-refractivity contribution in [3.8, 4) is 0 Å². The summed E-state index contributed by atoms with van der Waals surface area (Å²) >= 11 is 11.8. The van der Waals surface area contributed by atoms with Gasteiger partial charge in [0.15, 0.2) is 0 Å². The Balaban J connectivity index is 1.84. The van der Waals surface area contributed by atoms with Crippen LogP contribution in [0.3, 0.4) is 0 Å². The summed E-state index contributed by atoms with van der Waals surface area (Å²) in [5.41, 5.74) is -1.88. The standard InChI is InChI=1S/C22H19Cl2F3N2O4/c1-3-32-19(30)11-28-20(31)17-5-4-13(6-12(17)2)18-10-21(33-29-18,22(25,26)27)14-7-15(23)9-16(24)8-14/h4-9H,3,10-11H2,1-2H3,(H,28,31). The largest absolute Gasteiger partial charge is 0.465 e. The van der Waals surface area contributed by atoms with E-state index in [1.165, 1.54) is 24.3 Å². The molecule has 1 amide bonds. The first-order valence-electron chi connectivity index (χ1n) is 9.80. The topological polar surface area (TPSA) is 77.0 Å². The van der Waals surface area contributed by atoms with Gasteiger partial charge in [0.25, 0.3) is 11.5 Å². The summed E-state index contributed by atoms with van der Waals surface area (Å²) in [4.78, 5) is 28.7. The molecule has 0 radical (unpaired) electrons. The summed E-state index contributed by atoms with van der Waals surface area (Å²) in [6, 6.07) is 8.04. The lowest BCUT2D eigenvalue weighted by Gasteiger charge is -2.29. The Morgan fingerprint density at radius 3 is 2.42 bits per heavy atom. The van der Waals surface area contributed by atoms with Gasteiger partial charge in [-0.25, -0.2) is 0 Å². The number of halogens is 5. The molecule has 0 saturated heterocycles. The summed E-state index contributed by atoms with van der Waals surface area (Å²) in [7, 11) is 0. The fraction of sp³-hybridized carbons (Fsp3) is 0.318. The van der Waals surface area contributed by atoms with Gasteiger partial charge in [-0.3, -0.25) is 9.59 Å². The van der Waals surface area contributed by atoms with E-state index in [0.717, 1.165) is 12.1 Å². The first-order chi connectivity index (χ1) is 15.5. The van der Waals surface area contributed by atoms with Crippen molar-refractivity contribution < 1.29 is 32.3 Å². The third kappa shape index (κ3) is 5.25. The molecule has 3 rings (SSSR count). The van der Waals surface area contributed by atoms with E-state index in [0.29, 0.717) is 11.1 Å². The molecule has 1 aliphatic heterocycles. The predicted molar refractivity (Wildman–Crippen MR) is 117 cm³/mol. The van der Waals surface area contributed by atoms with E-state index < -0.39 is 30.1 Å². The number of amides is 1. The van der Waals surface area contributed by atoms with Crippen LogP contribution in [0, 0.1) is 6.92 Å². The number of benzene rings is 2. The molecule has 11 heteroatoms. The van der Waals surface area contributed by atoms with Gasteiger partial charge in [-0.2, -0.15) is 13.2 Å². The molecule has 1 aliphatic rings. The highest BCUT2D eigenvalue weighted by molar-refractivity contribution is 6.34. The smallest absolute Gasteiger partial charge is 0.435 e. The molecule has 6 nitrogen and oxygen atoms in total. The SMILES string of the molecule is CCOC(=O)CNC(=O)c1ccc(C2=NOC(c3cc(Cl)cc(Cl)c3)(C(F)(F)F)C2)cc1C. The molecule has 1 unspecified atom stereocenters. The molecule has 2 aromatic rings. The van der Waals surface area contributed by atoms with Gasteiger partial charge in [-0.15, -0.1) is 0 Å². The molecule has 0 spiro atoms. The highest BCUT2D eigenvalue weighted by Crippen LogP contribution is 2.49.